The lowest BCUT2D eigenvalue weighted by molar-refractivity contribution is 0.473. The van der Waals surface area contributed by atoms with Crippen molar-refractivity contribution in [1.82, 2.24) is 14.8 Å². The van der Waals surface area contributed by atoms with E-state index in [1.807, 2.05) is 31.2 Å². The van der Waals surface area contributed by atoms with Crippen LogP contribution in [0.2, 0.25) is 0 Å². The van der Waals surface area contributed by atoms with Gasteiger partial charge < -0.3 is 0 Å². The maximum Gasteiger partial charge on any atom is 0.141 e. The number of rotatable bonds is 4. The van der Waals surface area contributed by atoms with E-state index in [1.54, 1.807) is 6.07 Å². The van der Waals surface area contributed by atoms with Gasteiger partial charge in [-0.1, -0.05) is 91.0 Å². The van der Waals surface area contributed by atoms with Gasteiger partial charge in [0.25, 0.3) is 0 Å². The van der Waals surface area contributed by atoms with Crippen LogP contribution in [0.1, 0.15) is 28.1 Å². The Morgan fingerprint density at radius 1 is 0.710 bits per heavy atom. The minimum absolute atomic E-state index is 0.389. The fraction of sp³-hybridized carbons (Fsp3) is 0.0741. The molecule has 0 aliphatic carbocycles. The fourth-order valence-corrected chi connectivity index (χ4v) is 4.36. The van der Waals surface area contributed by atoms with E-state index in [1.165, 1.54) is 0 Å². The lowest BCUT2D eigenvalue weighted by Crippen LogP contribution is -2.38. The molecule has 0 atom stereocenters. The number of fused-ring (bicyclic) bond motifs is 1. The van der Waals surface area contributed by atoms with E-state index in [0.717, 1.165) is 33.4 Å². The standard InChI is InChI=1S/C27H20N4/c1-20-26-25(18-17-24(19-28)29-26)31(30-20)27(21-11-5-2-6-12-21,22-13-7-3-8-14-22)23-15-9-4-10-16-23/h2-18H,1H3. The van der Waals surface area contributed by atoms with Gasteiger partial charge in [0.15, 0.2) is 0 Å². The molecule has 0 fully saturated rings. The average Bonchev–Trinajstić information content (AvgIpc) is 3.17. The summed E-state index contributed by atoms with van der Waals surface area (Å²) >= 11 is 0. The molecule has 2 aromatic heterocycles. The van der Waals surface area contributed by atoms with Gasteiger partial charge in [-0.3, -0.25) is 0 Å². The molecule has 5 rings (SSSR count). The number of benzene rings is 3. The molecule has 0 spiro atoms. The van der Waals surface area contributed by atoms with Gasteiger partial charge in [-0.25, -0.2) is 9.67 Å². The van der Waals surface area contributed by atoms with E-state index >= 15 is 0 Å². The van der Waals surface area contributed by atoms with E-state index in [2.05, 4.69) is 88.5 Å². The molecule has 0 bridgehead atoms. The van der Waals surface area contributed by atoms with Crippen LogP contribution in [0, 0.1) is 18.3 Å². The molecular formula is C27H20N4. The summed E-state index contributed by atoms with van der Waals surface area (Å²) < 4.78 is 2.06. The smallest absolute Gasteiger partial charge is 0.141 e. The van der Waals surface area contributed by atoms with Crippen LogP contribution in [-0.2, 0) is 5.54 Å². The summed E-state index contributed by atoms with van der Waals surface area (Å²) in [7, 11) is 0. The molecule has 2 heterocycles. The predicted molar refractivity (Wildman–Crippen MR) is 122 cm³/mol. The highest BCUT2D eigenvalue weighted by Crippen LogP contribution is 2.42. The SMILES string of the molecule is Cc1nn(C(c2ccccc2)(c2ccccc2)c2ccccc2)c2ccc(C#N)nc12. The van der Waals surface area contributed by atoms with E-state index in [-0.39, 0.29) is 0 Å². The Hall–Kier alpha value is -4.23. The summed E-state index contributed by atoms with van der Waals surface area (Å²) in [5, 5.41) is 14.4. The third-order valence-corrected chi connectivity index (χ3v) is 5.70. The summed E-state index contributed by atoms with van der Waals surface area (Å²) in [5.74, 6) is 0. The largest absolute Gasteiger partial charge is 0.243 e. The zero-order chi connectivity index (χ0) is 21.3. The molecule has 0 N–H and O–H groups in total. The first-order valence-electron chi connectivity index (χ1n) is 10.2. The van der Waals surface area contributed by atoms with Gasteiger partial charge in [0.05, 0.1) is 11.2 Å². The lowest BCUT2D eigenvalue weighted by Gasteiger charge is -2.37. The monoisotopic (exact) mass is 400 g/mol. The van der Waals surface area contributed by atoms with E-state index in [9.17, 15) is 5.26 Å². The van der Waals surface area contributed by atoms with Crippen LogP contribution in [0.5, 0.6) is 0 Å². The molecule has 0 aliphatic heterocycles. The summed E-state index contributed by atoms with van der Waals surface area (Å²) in [6.07, 6.45) is 0. The second kappa shape index (κ2) is 7.55. The molecule has 5 aromatic rings. The van der Waals surface area contributed by atoms with Crippen LogP contribution < -0.4 is 0 Å². The molecule has 4 nitrogen and oxygen atoms in total. The predicted octanol–water partition coefficient (Wildman–Crippen LogP) is 5.45. The third kappa shape index (κ3) is 2.91. The van der Waals surface area contributed by atoms with Crippen molar-refractivity contribution in [2.24, 2.45) is 0 Å². The minimum Gasteiger partial charge on any atom is -0.243 e. The van der Waals surface area contributed by atoms with Crippen LogP contribution in [0.4, 0.5) is 0 Å². The lowest BCUT2D eigenvalue weighted by atomic mass is 9.77. The Balaban J connectivity index is 1.97. The molecule has 31 heavy (non-hydrogen) atoms. The average molecular weight is 400 g/mol. The maximum absolute atomic E-state index is 9.35. The molecule has 0 saturated carbocycles. The Morgan fingerprint density at radius 3 is 1.65 bits per heavy atom. The van der Waals surface area contributed by atoms with E-state index in [0.29, 0.717) is 5.69 Å². The summed E-state index contributed by atoms with van der Waals surface area (Å²) in [6, 6.07) is 37.1. The quantitative estimate of drug-likeness (QED) is 0.377. The van der Waals surface area contributed by atoms with Crippen LogP contribution in [0.15, 0.2) is 103 Å². The van der Waals surface area contributed by atoms with E-state index in [4.69, 9.17) is 5.10 Å². The highest BCUT2D eigenvalue weighted by atomic mass is 15.3. The minimum atomic E-state index is -0.702. The van der Waals surface area contributed by atoms with Crippen LogP contribution in [-0.4, -0.2) is 14.8 Å². The number of aromatic nitrogens is 3. The van der Waals surface area contributed by atoms with Crippen molar-refractivity contribution in [3.05, 3.63) is 131 Å². The van der Waals surface area contributed by atoms with E-state index < -0.39 is 5.54 Å². The number of aryl methyl sites for hydroxylation is 1. The van der Waals surface area contributed by atoms with Gasteiger partial charge in [0.2, 0.25) is 0 Å². The van der Waals surface area contributed by atoms with Crippen LogP contribution in [0.25, 0.3) is 11.0 Å². The van der Waals surface area contributed by atoms with Crippen molar-refractivity contribution < 1.29 is 0 Å². The second-order valence-corrected chi connectivity index (χ2v) is 7.48. The first-order chi connectivity index (χ1) is 15.2. The highest BCUT2D eigenvalue weighted by molar-refractivity contribution is 5.79. The zero-order valence-electron chi connectivity index (χ0n) is 17.1. The van der Waals surface area contributed by atoms with Gasteiger partial charge in [0.1, 0.15) is 22.8 Å². The first-order valence-corrected chi connectivity index (χ1v) is 10.2. The molecular weight excluding hydrogens is 380 g/mol. The molecule has 0 aliphatic rings. The van der Waals surface area contributed by atoms with Gasteiger partial charge in [-0.2, -0.15) is 10.4 Å². The Bertz CT molecular complexity index is 1290. The van der Waals surface area contributed by atoms with Gasteiger partial charge in [-0.15, -0.1) is 0 Å². The second-order valence-electron chi connectivity index (χ2n) is 7.48. The maximum atomic E-state index is 9.35. The van der Waals surface area contributed by atoms with Crippen molar-refractivity contribution in [1.29, 1.82) is 5.26 Å². The molecule has 0 amide bonds. The van der Waals surface area contributed by atoms with Crippen molar-refractivity contribution in [2.75, 3.05) is 0 Å². The first kappa shape index (κ1) is 18.8. The molecule has 148 valence electrons. The van der Waals surface area contributed by atoms with Crippen LogP contribution in [0.3, 0.4) is 0 Å². The van der Waals surface area contributed by atoms with Crippen molar-refractivity contribution in [2.45, 2.75) is 12.5 Å². The normalized spacial score (nSPS) is 11.4. The van der Waals surface area contributed by atoms with Crippen molar-refractivity contribution in [3.63, 3.8) is 0 Å². The Labute approximate surface area is 181 Å². The Kier molecular flexibility index (Phi) is 4.57. The van der Waals surface area contributed by atoms with Gasteiger partial charge in [-0.05, 0) is 35.7 Å². The molecule has 4 heteroatoms. The molecule has 0 radical (unpaired) electrons. The van der Waals surface area contributed by atoms with Gasteiger partial charge >= 0.3 is 0 Å². The highest BCUT2D eigenvalue weighted by Gasteiger charge is 2.40. The summed E-state index contributed by atoms with van der Waals surface area (Å²) in [5.41, 5.74) is 5.40. The third-order valence-electron chi connectivity index (χ3n) is 5.70. The number of pyridine rings is 1. The fourth-order valence-electron chi connectivity index (χ4n) is 4.36. The molecule has 3 aromatic carbocycles. The number of nitriles is 1. The Morgan fingerprint density at radius 2 is 1.19 bits per heavy atom. The van der Waals surface area contributed by atoms with Crippen molar-refractivity contribution in [3.8, 4) is 6.07 Å². The number of nitrogens with zero attached hydrogens (tertiary/aromatic N) is 4. The zero-order valence-corrected chi connectivity index (χ0v) is 17.1. The van der Waals surface area contributed by atoms with Crippen LogP contribution >= 0.6 is 0 Å². The topological polar surface area (TPSA) is 54.5 Å². The number of hydrogen-bond donors (Lipinski definition) is 0. The van der Waals surface area contributed by atoms with Gasteiger partial charge in [0, 0.05) is 0 Å². The molecule has 0 unspecified atom stereocenters. The van der Waals surface area contributed by atoms with Crippen molar-refractivity contribution >= 4 is 11.0 Å². The molecule has 0 saturated heterocycles. The summed E-state index contributed by atoms with van der Waals surface area (Å²) in [6.45, 7) is 1.94. The summed E-state index contributed by atoms with van der Waals surface area (Å²) in [4.78, 5) is 4.56. The number of hydrogen-bond acceptors (Lipinski definition) is 3.